The number of carbonyl (C=O) groups excluding carboxylic acids is 1. The molecule has 3 heteroatoms. The summed E-state index contributed by atoms with van der Waals surface area (Å²) in [5, 5.41) is 0. The predicted octanol–water partition coefficient (Wildman–Crippen LogP) is 7.51. The van der Waals surface area contributed by atoms with Gasteiger partial charge in [-0.15, -0.1) is 0 Å². The fourth-order valence-corrected chi connectivity index (χ4v) is 10.5. The fraction of sp³-hybridized carbons (Fsp3) is 0.686. The summed E-state index contributed by atoms with van der Waals surface area (Å²) < 4.78 is 7.29. The lowest BCUT2D eigenvalue weighted by Crippen LogP contribution is -2.51. The van der Waals surface area contributed by atoms with E-state index in [0.717, 1.165) is 50.0 Å². The van der Waals surface area contributed by atoms with Gasteiger partial charge in [0.15, 0.2) is 5.78 Å². The number of nitrogens with zero attached hydrogens (tertiary/aromatic N) is 1. The summed E-state index contributed by atoms with van der Waals surface area (Å²) in [6.07, 6.45) is 12.7. The number of ether oxygens (including phenoxy) is 1. The van der Waals surface area contributed by atoms with Gasteiger partial charge in [0.2, 0.25) is 0 Å². The van der Waals surface area contributed by atoms with Gasteiger partial charge in [0.05, 0.1) is 11.7 Å². The molecule has 7 rings (SSSR count). The van der Waals surface area contributed by atoms with Crippen LogP contribution in [0.15, 0.2) is 53.1 Å². The standard InChI is InChI=1S/C35H47NO2/c1-22-16-32-33(36(20-22)21-25-8-6-5-7-9-25)24(3)35(38-32)15-13-28-29-11-10-26-17-27(37)12-14-34(26,4)31(29)18-30(28)23(2)19-35/h5-9,17,22,24,28-29,31-33H,10-16,18-21H2,1-4H3/t22-,24+,28-,29?,31-,32+,33-,34-,35-/m0/s1. The van der Waals surface area contributed by atoms with Crippen LogP contribution in [0, 0.1) is 35.0 Å². The molecule has 2 aliphatic heterocycles. The van der Waals surface area contributed by atoms with Crippen LogP contribution in [0.2, 0.25) is 0 Å². The third-order valence-corrected chi connectivity index (χ3v) is 12.4. The molecule has 204 valence electrons. The zero-order valence-corrected chi connectivity index (χ0v) is 24.0. The lowest BCUT2D eigenvalue weighted by atomic mass is 9.56. The second kappa shape index (κ2) is 9.16. The van der Waals surface area contributed by atoms with Crippen molar-refractivity contribution >= 4 is 5.78 Å². The van der Waals surface area contributed by atoms with Gasteiger partial charge in [0, 0.05) is 31.5 Å². The van der Waals surface area contributed by atoms with Crippen LogP contribution < -0.4 is 0 Å². The Labute approximate surface area is 230 Å². The van der Waals surface area contributed by atoms with E-state index in [1.54, 1.807) is 11.1 Å². The first kappa shape index (κ1) is 25.3. The fourth-order valence-electron chi connectivity index (χ4n) is 10.5. The number of rotatable bonds is 2. The van der Waals surface area contributed by atoms with E-state index >= 15 is 0 Å². The molecule has 4 fully saturated rings. The lowest BCUT2D eigenvalue weighted by molar-refractivity contribution is -0.116. The average Bonchev–Trinajstić information content (AvgIpc) is 3.35. The zero-order chi connectivity index (χ0) is 26.2. The molecule has 0 N–H and O–H groups in total. The molecule has 1 aromatic carbocycles. The summed E-state index contributed by atoms with van der Waals surface area (Å²) in [7, 11) is 0. The SMILES string of the molecule is CC1=C2C[C@H]3C(CCC4=CC(=O)CC[C@@]43C)[C@@H]2CC[C@@]2(C1)O[C@@H]1C[C@H](C)CN(Cc3ccccc3)[C@H]1[C@H]2C. The maximum atomic E-state index is 12.2. The van der Waals surface area contributed by atoms with E-state index in [9.17, 15) is 4.79 Å². The number of ketones is 1. The highest BCUT2D eigenvalue weighted by molar-refractivity contribution is 5.91. The quantitative estimate of drug-likeness (QED) is 0.383. The Hall–Kier alpha value is -1.71. The Kier molecular flexibility index (Phi) is 6.09. The van der Waals surface area contributed by atoms with Crippen LogP contribution in [-0.2, 0) is 16.1 Å². The van der Waals surface area contributed by atoms with Crippen molar-refractivity contribution in [3.63, 3.8) is 0 Å². The Morgan fingerprint density at radius 1 is 1.08 bits per heavy atom. The second-order valence-corrected chi connectivity index (χ2v) is 14.5. The number of hydrogen-bond acceptors (Lipinski definition) is 3. The first-order chi connectivity index (χ1) is 18.3. The third kappa shape index (κ3) is 3.85. The normalized spacial score (nSPS) is 44.8. The van der Waals surface area contributed by atoms with Crippen molar-refractivity contribution in [2.24, 2.45) is 35.0 Å². The maximum Gasteiger partial charge on any atom is 0.155 e. The number of fused-ring (bicyclic) bond motifs is 6. The number of carbonyl (C=O) groups is 1. The van der Waals surface area contributed by atoms with Crippen LogP contribution in [-0.4, -0.2) is 35.0 Å². The van der Waals surface area contributed by atoms with Crippen LogP contribution in [0.5, 0.6) is 0 Å². The molecule has 3 nitrogen and oxygen atoms in total. The minimum atomic E-state index is -0.00780. The molecule has 38 heavy (non-hydrogen) atoms. The van der Waals surface area contributed by atoms with E-state index in [2.05, 4.69) is 62.9 Å². The minimum absolute atomic E-state index is 0.00780. The number of hydrogen-bond donors (Lipinski definition) is 0. The Morgan fingerprint density at radius 2 is 1.89 bits per heavy atom. The molecular weight excluding hydrogens is 466 g/mol. The van der Waals surface area contributed by atoms with Gasteiger partial charge in [0.1, 0.15) is 0 Å². The van der Waals surface area contributed by atoms with Crippen LogP contribution in [0.25, 0.3) is 0 Å². The van der Waals surface area contributed by atoms with E-state index in [1.807, 2.05) is 6.08 Å². The molecule has 0 radical (unpaired) electrons. The van der Waals surface area contributed by atoms with Crippen molar-refractivity contribution in [3.05, 3.63) is 58.7 Å². The summed E-state index contributed by atoms with van der Waals surface area (Å²) in [6.45, 7) is 12.1. The topological polar surface area (TPSA) is 29.5 Å². The highest BCUT2D eigenvalue weighted by Crippen LogP contribution is 2.64. The van der Waals surface area contributed by atoms with Gasteiger partial charge in [-0.3, -0.25) is 9.69 Å². The van der Waals surface area contributed by atoms with Gasteiger partial charge in [0.25, 0.3) is 0 Å². The van der Waals surface area contributed by atoms with E-state index in [1.165, 1.54) is 49.8 Å². The molecule has 0 aromatic heterocycles. The van der Waals surface area contributed by atoms with Gasteiger partial charge in [-0.2, -0.15) is 0 Å². The smallest absolute Gasteiger partial charge is 0.155 e. The molecule has 9 atom stereocenters. The van der Waals surface area contributed by atoms with Crippen LogP contribution in [0.1, 0.15) is 91.0 Å². The number of likely N-dealkylation sites (tertiary alicyclic amines) is 1. The summed E-state index contributed by atoms with van der Waals surface area (Å²) in [5.41, 5.74) is 6.58. The monoisotopic (exact) mass is 513 g/mol. The molecule has 1 spiro atoms. The maximum absolute atomic E-state index is 12.2. The van der Waals surface area contributed by atoms with Gasteiger partial charge in [-0.25, -0.2) is 0 Å². The van der Waals surface area contributed by atoms with Crippen molar-refractivity contribution in [3.8, 4) is 0 Å². The molecule has 4 aliphatic carbocycles. The predicted molar refractivity (Wildman–Crippen MR) is 152 cm³/mol. The van der Waals surface area contributed by atoms with Crippen LogP contribution in [0.3, 0.4) is 0 Å². The molecule has 1 unspecified atom stereocenters. The van der Waals surface area contributed by atoms with Gasteiger partial charge >= 0.3 is 0 Å². The molecule has 2 saturated heterocycles. The summed E-state index contributed by atoms with van der Waals surface area (Å²) in [6, 6.07) is 11.6. The van der Waals surface area contributed by atoms with E-state index in [0.29, 0.717) is 29.8 Å². The summed E-state index contributed by atoms with van der Waals surface area (Å²) in [5.74, 6) is 3.85. The number of allylic oxidation sites excluding steroid dienone is 3. The largest absolute Gasteiger partial charge is 0.369 e. The van der Waals surface area contributed by atoms with E-state index in [4.69, 9.17) is 4.74 Å². The number of piperidine rings is 1. The molecule has 0 bridgehead atoms. The molecule has 0 amide bonds. The first-order valence-corrected chi connectivity index (χ1v) is 15.7. The summed E-state index contributed by atoms with van der Waals surface area (Å²) in [4.78, 5) is 15.0. The van der Waals surface area contributed by atoms with Gasteiger partial charge in [-0.1, -0.05) is 67.8 Å². The third-order valence-electron chi connectivity index (χ3n) is 12.4. The Morgan fingerprint density at radius 3 is 2.71 bits per heavy atom. The molecular formula is C35H47NO2. The van der Waals surface area contributed by atoms with E-state index < -0.39 is 0 Å². The molecule has 2 heterocycles. The minimum Gasteiger partial charge on any atom is -0.369 e. The molecule has 6 aliphatic rings. The van der Waals surface area contributed by atoms with Gasteiger partial charge in [-0.05, 0) is 99.0 Å². The Bertz CT molecular complexity index is 1170. The molecule has 1 aromatic rings. The van der Waals surface area contributed by atoms with Gasteiger partial charge < -0.3 is 4.74 Å². The highest BCUT2D eigenvalue weighted by atomic mass is 16.5. The zero-order valence-electron chi connectivity index (χ0n) is 24.0. The second-order valence-electron chi connectivity index (χ2n) is 14.5. The van der Waals surface area contributed by atoms with Crippen LogP contribution >= 0.6 is 0 Å². The summed E-state index contributed by atoms with van der Waals surface area (Å²) >= 11 is 0. The van der Waals surface area contributed by atoms with Crippen molar-refractivity contribution < 1.29 is 9.53 Å². The van der Waals surface area contributed by atoms with Crippen molar-refractivity contribution in [1.29, 1.82) is 0 Å². The van der Waals surface area contributed by atoms with Crippen molar-refractivity contribution in [2.45, 2.75) is 110 Å². The Balaban J connectivity index is 1.16. The first-order valence-electron chi connectivity index (χ1n) is 15.7. The molecule has 2 saturated carbocycles. The van der Waals surface area contributed by atoms with Crippen molar-refractivity contribution in [1.82, 2.24) is 4.90 Å². The highest BCUT2D eigenvalue weighted by Gasteiger charge is 2.59. The van der Waals surface area contributed by atoms with Crippen LogP contribution in [0.4, 0.5) is 0 Å². The number of benzene rings is 1. The van der Waals surface area contributed by atoms with Crippen molar-refractivity contribution in [2.75, 3.05) is 6.54 Å². The lowest BCUT2D eigenvalue weighted by Gasteiger charge is -2.48. The average molecular weight is 514 g/mol. The van der Waals surface area contributed by atoms with E-state index in [-0.39, 0.29) is 11.0 Å².